The molecular formula is C54H35NO. The summed E-state index contributed by atoms with van der Waals surface area (Å²) in [5, 5.41) is 9.85. The monoisotopic (exact) mass is 713 g/mol. The van der Waals surface area contributed by atoms with Crippen molar-refractivity contribution in [1.29, 1.82) is 0 Å². The Kier molecular flexibility index (Phi) is 7.53. The normalized spacial score (nSPS) is 11.6. The highest BCUT2D eigenvalue weighted by Gasteiger charge is 2.16. The van der Waals surface area contributed by atoms with Gasteiger partial charge in [0.05, 0.1) is 0 Å². The Labute approximate surface area is 325 Å². The average molecular weight is 714 g/mol. The Morgan fingerprint density at radius 1 is 0.268 bits per heavy atom. The fourth-order valence-electron chi connectivity index (χ4n) is 8.51. The van der Waals surface area contributed by atoms with Gasteiger partial charge in [-0.3, -0.25) is 0 Å². The third kappa shape index (κ3) is 5.42. The smallest absolute Gasteiger partial charge is 0.135 e. The summed E-state index contributed by atoms with van der Waals surface area (Å²) in [6.07, 6.45) is 0. The second-order valence-corrected chi connectivity index (χ2v) is 14.5. The summed E-state index contributed by atoms with van der Waals surface area (Å²) in [7, 11) is 0. The van der Waals surface area contributed by atoms with Crippen LogP contribution in [0.3, 0.4) is 0 Å². The highest BCUT2D eigenvalue weighted by atomic mass is 16.3. The zero-order valence-corrected chi connectivity index (χ0v) is 30.6. The van der Waals surface area contributed by atoms with Crippen LogP contribution >= 0.6 is 0 Å². The molecule has 11 rings (SSSR count). The van der Waals surface area contributed by atoms with Gasteiger partial charge >= 0.3 is 0 Å². The fourth-order valence-corrected chi connectivity index (χ4v) is 8.51. The van der Waals surface area contributed by atoms with Gasteiger partial charge in [-0.15, -0.1) is 0 Å². The van der Waals surface area contributed by atoms with Crippen molar-refractivity contribution in [2.75, 3.05) is 4.90 Å². The number of anilines is 3. The number of benzene rings is 10. The summed E-state index contributed by atoms with van der Waals surface area (Å²) in [6, 6.07) is 76.6. The highest BCUT2D eigenvalue weighted by molar-refractivity contribution is 6.12. The minimum Gasteiger partial charge on any atom is -0.456 e. The molecule has 0 fully saturated rings. The van der Waals surface area contributed by atoms with Crippen LogP contribution in [0.1, 0.15) is 0 Å². The molecule has 0 saturated heterocycles. The van der Waals surface area contributed by atoms with E-state index >= 15 is 0 Å². The number of hydrogen-bond donors (Lipinski definition) is 0. The quantitative estimate of drug-likeness (QED) is 0.160. The number of furan rings is 1. The first-order valence-corrected chi connectivity index (χ1v) is 19.2. The second kappa shape index (κ2) is 13.2. The Bertz CT molecular complexity index is 3220. The Morgan fingerprint density at radius 2 is 0.750 bits per heavy atom. The van der Waals surface area contributed by atoms with Gasteiger partial charge in [0, 0.05) is 27.8 Å². The summed E-state index contributed by atoms with van der Waals surface area (Å²) in [5.41, 5.74) is 12.3. The standard InChI is InChI=1S/C54H35NO/c1-3-12-45-37(9-1)11-7-15-46(45)39-21-29-43(30-22-39)55(42-27-19-36(20-28-42)41-26-34-54-52(35-41)51-14-5-6-18-53(51)56-54)44-31-23-40(24-32-44)48-16-8-17-49-47-13-4-2-10-38(47)25-33-50(48)49/h1-35H. The van der Waals surface area contributed by atoms with E-state index in [0.717, 1.165) is 50.1 Å². The molecule has 0 bridgehead atoms. The van der Waals surface area contributed by atoms with Gasteiger partial charge in [-0.1, -0.05) is 158 Å². The van der Waals surface area contributed by atoms with Crippen LogP contribution in [0.5, 0.6) is 0 Å². The molecule has 0 unspecified atom stereocenters. The van der Waals surface area contributed by atoms with E-state index < -0.39 is 0 Å². The molecule has 0 saturated carbocycles. The van der Waals surface area contributed by atoms with Gasteiger partial charge in [0.1, 0.15) is 11.2 Å². The van der Waals surface area contributed by atoms with Crippen molar-refractivity contribution >= 4 is 71.3 Å². The zero-order chi connectivity index (χ0) is 37.0. The Hall–Kier alpha value is -7.42. The number of rotatable bonds is 6. The first-order valence-electron chi connectivity index (χ1n) is 19.2. The lowest BCUT2D eigenvalue weighted by atomic mass is 9.94. The molecule has 2 nitrogen and oxygen atoms in total. The van der Waals surface area contributed by atoms with Crippen molar-refractivity contribution in [2.45, 2.75) is 0 Å². The van der Waals surface area contributed by atoms with Crippen LogP contribution in [-0.4, -0.2) is 0 Å². The predicted molar refractivity (Wildman–Crippen MR) is 237 cm³/mol. The molecule has 56 heavy (non-hydrogen) atoms. The summed E-state index contributed by atoms with van der Waals surface area (Å²) >= 11 is 0. The van der Waals surface area contributed by atoms with E-state index in [1.807, 2.05) is 12.1 Å². The highest BCUT2D eigenvalue weighted by Crippen LogP contribution is 2.40. The van der Waals surface area contributed by atoms with Gasteiger partial charge < -0.3 is 9.32 Å². The SMILES string of the molecule is c1ccc2c(-c3ccc(N(c4ccc(-c5ccc6oc7ccccc7c6c5)cc4)c4ccc(-c5cccc6c5ccc5ccccc56)cc4)cc3)cccc2c1. The molecule has 0 aliphatic carbocycles. The summed E-state index contributed by atoms with van der Waals surface area (Å²) in [6.45, 7) is 0. The molecular weight excluding hydrogens is 679 g/mol. The van der Waals surface area contributed by atoms with Crippen molar-refractivity contribution in [3.05, 3.63) is 212 Å². The molecule has 262 valence electrons. The molecule has 1 heterocycles. The van der Waals surface area contributed by atoms with E-state index in [-0.39, 0.29) is 0 Å². The van der Waals surface area contributed by atoms with Crippen LogP contribution in [0.4, 0.5) is 17.1 Å². The van der Waals surface area contributed by atoms with Crippen LogP contribution < -0.4 is 4.90 Å². The Morgan fingerprint density at radius 3 is 1.45 bits per heavy atom. The maximum atomic E-state index is 6.12. The van der Waals surface area contributed by atoms with Crippen molar-refractivity contribution in [3.63, 3.8) is 0 Å². The maximum Gasteiger partial charge on any atom is 0.135 e. The maximum absolute atomic E-state index is 6.12. The number of fused-ring (bicyclic) bond motifs is 7. The van der Waals surface area contributed by atoms with Crippen molar-refractivity contribution < 1.29 is 4.42 Å². The van der Waals surface area contributed by atoms with E-state index in [1.165, 1.54) is 54.6 Å². The minimum absolute atomic E-state index is 0.907. The van der Waals surface area contributed by atoms with Gasteiger partial charge in [0.2, 0.25) is 0 Å². The van der Waals surface area contributed by atoms with Crippen LogP contribution in [0.2, 0.25) is 0 Å². The molecule has 0 amide bonds. The Balaban J connectivity index is 0.993. The number of para-hydroxylation sites is 1. The topological polar surface area (TPSA) is 16.4 Å². The van der Waals surface area contributed by atoms with Crippen LogP contribution in [0.15, 0.2) is 217 Å². The third-order valence-corrected chi connectivity index (χ3v) is 11.3. The number of hydrogen-bond acceptors (Lipinski definition) is 2. The fraction of sp³-hybridized carbons (Fsp3) is 0. The van der Waals surface area contributed by atoms with Crippen LogP contribution in [-0.2, 0) is 0 Å². The van der Waals surface area contributed by atoms with Gasteiger partial charge in [-0.2, -0.15) is 0 Å². The molecule has 0 N–H and O–H groups in total. The largest absolute Gasteiger partial charge is 0.456 e. The molecule has 0 radical (unpaired) electrons. The van der Waals surface area contributed by atoms with Crippen molar-refractivity contribution in [2.24, 2.45) is 0 Å². The average Bonchev–Trinajstić information content (AvgIpc) is 3.65. The van der Waals surface area contributed by atoms with E-state index in [4.69, 9.17) is 4.42 Å². The molecule has 0 spiro atoms. The predicted octanol–water partition coefficient (Wildman–Crippen LogP) is 15.5. The minimum atomic E-state index is 0.907. The summed E-state index contributed by atoms with van der Waals surface area (Å²) < 4.78 is 6.12. The van der Waals surface area contributed by atoms with Crippen LogP contribution in [0, 0.1) is 0 Å². The van der Waals surface area contributed by atoms with E-state index in [1.54, 1.807) is 0 Å². The van der Waals surface area contributed by atoms with Crippen molar-refractivity contribution in [1.82, 2.24) is 0 Å². The van der Waals surface area contributed by atoms with E-state index in [9.17, 15) is 0 Å². The van der Waals surface area contributed by atoms with E-state index in [0.29, 0.717) is 0 Å². The lowest BCUT2D eigenvalue weighted by molar-refractivity contribution is 0.669. The molecule has 0 atom stereocenters. The second-order valence-electron chi connectivity index (χ2n) is 14.5. The van der Waals surface area contributed by atoms with Gasteiger partial charge in [-0.05, 0) is 120 Å². The molecule has 2 heteroatoms. The first-order chi connectivity index (χ1) is 27.7. The number of nitrogens with zero attached hydrogens (tertiary/aromatic N) is 1. The van der Waals surface area contributed by atoms with Gasteiger partial charge in [-0.25, -0.2) is 0 Å². The van der Waals surface area contributed by atoms with Gasteiger partial charge in [0.25, 0.3) is 0 Å². The van der Waals surface area contributed by atoms with E-state index in [2.05, 4.69) is 205 Å². The van der Waals surface area contributed by atoms with Crippen LogP contribution in [0.25, 0.3) is 87.6 Å². The lowest BCUT2D eigenvalue weighted by Gasteiger charge is -2.26. The molecule has 1 aromatic heterocycles. The summed E-state index contributed by atoms with van der Waals surface area (Å²) in [5.74, 6) is 0. The zero-order valence-electron chi connectivity index (χ0n) is 30.6. The molecule has 10 aromatic carbocycles. The summed E-state index contributed by atoms with van der Waals surface area (Å²) in [4.78, 5) is 2.35. The lowest BCUT2D eigenvalue weighted by Crippen LogP contribution is -2.09. The molecule has 0 aliphatic heterocycles. The molecule has 11 aromatic rings. The first kappa shape index (κ1) is 32.0. The molecule has 0 aliphatic rings. The van der Waals surface area contributed by atoms with Gasteiger partial charge in [0.15, 0.2) is 0 Å². The third-order valence-electron chi connectivity index (χ3n) is 11.3. The van der Waals surface area contributed by atoms with Crippen molar-refractivity contribution in [3.8, 4) is 33.4 Å².